The molecule has 0 atom stereocenters. The van der Waals surface area contributed by atoms with Crippen LogP contribution in [0.3, 0.4) is 0 Å². The number of aryl methyl sites for hydroxylation is 2. The Kier molecular flexibility index (Phi) is 6.73. The highest BCUT2D eigenvalue weighted by molar-refractivity contribution is 7.69. The van der Waals surface area contributed by atoms with Crippen LogP contribution in [0.2, 0.25) is 0 Å². The van der Waals surface area contributed by atoms with Crippen LogP contribution in [0.1, 0.15) is 25.0 Å². The van der Waals surface area contributed by atoms with Gasteiger partial charge in [0.15, 0.2) is 10.9 Å². The van der Waals surface area contributed by atoms with E-state index in [1.165, 1.54) is 0 Å². The molecule has 0 radical (unpaired) electrons. The summed E-state index contributed by atoms with van der Waals surface area (Å²) < 4.78 is 17.6. The second-order valence-electron chi connectivity index (χ2n) is 2.92. The zero-order valence-corrected chi connectivity index (χ0v) is 9.83. The van der Waals surface area contributed by atoms with E-state index in [0.717, 1.165) is 24.0 Å². The fraction of sp³-hybridized carbons (Fsp3) is 0.400. The molecule has 0 aliphatic carbocycles. The molecule has 0 amide bonds. The van der Waals surface area contributed by atoms with Gasteiger partial charge in [0, 0.05) is 0 Å². The molecule has 86 valence electrons. The second-order valence-corrected chi connectivity index (χ2v) is 3.49. The zero-order valence-electron chi connectivity index (χ0n) is 8.93. The number of phenols is 1. The highest BCUT2D eigenvalue weighted by Crippen LogP contribution is 2.22. The summed E-state index contributed by atoms with van der Waals surface area (Å²) in [5, 5.41) is 13.7. The molecule has 0 aliphatic rings. The molecular formula is C10H17NO3S. The van der Waals surface area contributed by atoms with E-state index in [4.69, 9.17) is 8.42 Å². The number of rotatable bonds is 2. The summed E-state index contributed by atoms with van der Waals surface area (Å²) in [5.41, 5.74) is 2.09. The van der Waals surface area contributed by atoms with Gasteiger partial charge in [-0.3, -0.25) is 0 Å². The zero-order chi connectivity index (χ0) is 11.8. The van der Waals surface area contributed by atoms with Crippen LogP contribution in [0.15, 0.2) is 18.2 Å². The summed E-state index contributed by atoms with van der Waals surface area (Å²) in [7, 11) is -2.62. The minimum absolute atomic E-state index is 0.484. The van der Waals surface area contributed by atoms with Crippen molar-refractivity contribution in [1.82, 2.24) is 0 Å². The molecule has 0 spiro atoms. The van der Waals surface area contributed by atoms with Crippen molar-refractivity contribution < 1.29 is 13.5 Å². The predicted octanol–water partition coefficient (Wildman–Crippen LogP) is 0.989. The van der Waals surface area contributed by atoms with Gasteiger partial charge in [0.25, 0.3) is 0 Å². The summed E-state index contributed by atoms with van der Waals surface area (Å²) in [6, 6.07) is 5.93. The molecule has 4 nitrogen and oxygen atoms in total. The summed E-state index contributed by atoms with van der Waals surface area (Å²) in [5.74, 6) is 0.484. The smallest absolute Gasteiger partial charge is 0.198 e. The fourth-order valence-electron chi connectivity index (χ4n) is 1.22. The maximum atomic E-state index is 9.59. The van der Waals surface area contributed by atoms with Crippen molar-refractivity contribution in [2.45, 2.75) is 26.7 Å². The van der Waals surface area contributed by atoms with Crippen molar-refractivity contribution in [2.75, 3.05) is 0 Å². The Morgan fingerprint density at radius 1 is 1.20 bits per heavy atom. The number of thiol groups is 1. The van der Waals surface area contributed by atoms with Gasteiger partial charge < -0.3 is 5.11 Å². The average Bonchev–Trinajstić information content (AvgIpc) is 2.17. The lowest BCUT2D eigenvalue weighted by molar-refractivity contribution is 0.462. The van der Waals surface area contributed by atoms with Gasteiger partial charge in [0.05, 0.1) is 0 Å². The lowest BCUT2D eigenvalue weighted by Crippen LogP contribution is -1.86. The van der Waals surface area contributed by atoms with Crippen LogP contribution < -0.4 is 5.14 Å². The van der Waals surface area contributed by atoms with E-state index in [9.17, 15) is 5.11 Å². The molecule has 0 saturated heterocycles. The first-order chi connectivity index (χ1) is 7.02. The van der Waals surface area contributed by atoms with Gasteiger partial charge in [-0.15, -0.1) is 0 Å². The van der Waals surface area contributed by atoms with Crippen molar-refractivity contribution in [3.05, 3.63) is 29.3 Å². The van der Waals surface area contributed by atoms with Crippen molar-refractivity contribution in [3.8, 4) is 5.75 Å². The number of hydrogen-bond acceptors (Lipinski definition) is 3. The first-order valence-electron chi connectivity index (χ1n) is 4.71. The minimum atomic E-state index is -2.62. The molecule has 0 bridgehead atoms. The third-order valence-corrected chi connectivity index (χ3v) is 1.96. The molecule has 0 fully saturated rings. The Hall–Kier alpha value is -1.07. The highest BCUT2D eigenvalue weighted by Gasteiger charge is 2.01. The van der Waals surface area contributed by atoms with Gasteiger partial charge in [-0.05, 0) is 24.0 Å². The van der Waals surface area contributed by atoms with Crippen molar-refractivity contribution >= 4 is 10.9 Å². The molecule has 0 heterocycles. The summed E-state index contributed by atoms with van der Waals surface area (Å²) in [4.78, 5) is 0. The molecule has 0 aromatic heterocycles. The Bertz CT molecular complexity index is 345. The van der Waals surface area contributed by atoms with Crippen LogP contribution in [0, 0.1) is 0 Å². The molecule has 3 N–H and O–H groups in total. The number of hydrogen-bond donors (Lipinski definition) is 3. The SMILES string of the molecule is CCc1cccc(CC)c1O.N[SH](=O)=O. The van der Waals surface area contributed by atoms with Crippen molar-refractivity contribution in [2.24, 2.45) is 5.14 Å². The average molecular weight is 231 g/mol. The number of phenolic OH excluding ortho intramolecular Hbond substituents is 1. The van der Waals surface area contributed by atoms with Crippen LogP contribution in [0.5, 0.6) is 5.75 Å². The summed E-state index contributed by atoms with van der Waals surface area (Å²) >= 11 is 0. The van der Waals surface area contributed by atoms with Crippen LogP contribution >= 0.6 is 0 Å². The van der Waals surface area contributed by atoms with Gasteiger partial charge in [0.1, 0.15) is 5.75 Å². The maximum absolute atomic E-state index is 9.59. The van der Waals surface area contributed by atoms with Gasteiger partial charge in [-0.2, -0.15) is 0 Å². The van der Waals surface area contributed by atoms with Gasteiger partial charge in [0.2, 0.25) is 0 Å². The van der Waals surface area contributed by atoms with Crippen LogP contribution in [0.4, 0.5) is 0 Å². The molecule has 1 aromatic rings. The van der Waals surface area contributed by atoms with Crippen LogP contribution in [-0.2, 0) is 23.7 Å². The topological polar surface area (TPSA) is 80.4 Å². The third-order valence-electron chi connectivity index (χ3n) is 1.96. The standard InChI is InChI=1S/C10H14O.H3NO2S/c1-3-8-6-5-7-9(4-2)10(8)11;1-4(2)3/h5-7,11H,3-4H2,1-2H3;4H,(H2,1,2,3). The molecule has 0 aliphatic heterocycles. The first kappa shape index (κ1) is 13.9. The summed E-state index contributed by atoms with van der Waals surface area (Å²) in [6.07, 6.45) is 1.80. The normalized spacial score (nSPS) is 9.60. The quantitative estimate of drug-likeness (QED) is 0.664. The van der Waals surface area contributed by atoms with Gasteiger partial charge >= 0.3 is 0 Å². The summed E-state index contributed by atoms with van der Waals surface area (Å²) in [6.45, 7) is 4.10. The molecule has 1 rings (SSSR count). The lowest BCUT2D eigenvalue weighted by Gasteiger charge is -2.05. The number of benzene rings is 1. The van der Waals surface area contributed by atoms with E-state index in [1.807, 2.05) is 18.2 Å². The molecular weight excluding hydrogens is 214 g/mol. The van der Waals surface area contributed by atoms with Crippen LogP contribution in [0.25, 0.3) is 0 Å². The van der Waals surface area contributed by atoms with E-state index >= 15 is 0 Å². The van der Waals surface area contributed by atoms with Gasteiger partial charge in [-0.1, -0.05) is 32.0 Å². The van der Waals surface area contributed by atoms with E-state index < -0.39 is 10.9 Å². The predicted molar refractivity (Wildman–Crippen MR) is 61.4 cm³/mol. The molecule has 0 unspecified atom stereocenters. The molecule has 0 saturated carbocycles. The van der Waals surface area contributed by atoms with E-state index in [-0.39, 0.29) is 0 Å². The highest BCUT2D eigenvalue weighted by atomic mass is 32.2. The Morgan fingerprint density at radius 2 is 1.53 bits per heavy atom. The third kappa shape index (κ3) is 5.39. The lowest BCUT2D eigenvalue weighted by atomic mass is 10.1. The second kappa shape index (κ2) is 7.25. The van der Waals surface area contributed by atoms with E-state index in [0.29, 0.717) is 5.75 Å². The number of para-hydroxylation sites is 1. The van der Waals surface area contributed by atoms with Crippen molar-refractivity contribution in [1.29, 1.82) is 0 Å². The van der Waals surface area contributed by atoms with Gasteiger partial charge in [-0.25, -0.2) is 13.6 Å². The first-order valence-corrected chi connectivity index (χ1v) is 5.96. The largest absolute Gasteiger partial charge is 0.507 e. The Labute approximate surface area is 91.8 Å². The molecule has 5 heteroatoms. The monoisotopic (exact) mass is 231 g/mol. The number of nitrogens with two attached hydrogens (primary N) is 1. The fourth-order valence-corrected chi connectivity index (χ4v) is 1.22. The maximum Gasteiger partial charge on any atom is 0.198 e. The van der Waals surface area contributed by atoms with E-state index in [2.05, 4.69) is 19.0 Å². The molecule has 15 heavy (non-hydrogen) atoms. The Morgan fingerprint density at radius 3 is 1.80 bits per heavy atom. The number of aromatic hydroxyl groups is 1. The molecule has 1 aromatic carbocycles. The van der Waals surface area contributed by atoms with Crippen molar-refractivity contribution in [3.63, 3.8) is 0 Å². The van der Waals surface area contributed by atoms with E-state index in [1.54, 1.807) is 0 Å². The Balaban J connectivity index is 0.000000423. The minimum Gasteiger partial charge on any atom is -0.507 e. The van der Waals surface area contributed by atoms with Crippen LogP contribution in [-0.4, -0.2) is 13.5 Å².